The van der Waals surface area contributed by atoms with Gasteiger partial charge in [0.2, 0.25) is 0 Å². The third-order valence-electron chi connectivity index (χ3n) is 2.25. The van der Waals surface area contributed by atoms with Crippen molar-refractivity contribution < 1.29 is 19.0 Å². The van der Waals surface area contributed by atoms with Crippen LogP contribution in [-0.2, 0) is 0 Å². The van der Waals surface area contributed by atoms with Crippen molar-refractivity contribution >= 4 is 12.6 Å². The predicted octanol–water partition coefficient (Wildman–Crippen LogP) is 1.60. The molecule has 5 heteroatoms. The molecule has 0 aliphatic rings. The number of benzene rings is 1. The third-order valence-corrected chi connectivity index (χ3v) is 2.63. The molecule has 0 aromatic heterocycles. The molecule has 1 aromatic carbocycles. The fourth-order valence-electron chi connectivity index (χ4n) is 1.29. The summed E-state index contributed by atoms with van der Waals surface area (Å²) >= 11 is 3.81. The molecule has 2 unspecified atom stereocenters. The van der Waals surface area contributed by atoms with Crippen LogP contribution in [0.25, 0.3) is 0 Å². The van der Waals surface area contributed by atoms with Crippen LogP contribution >= 0.6 is 12.6 Å². The number of halogens is 2. The summed E-state index contributed by atoms with van der Waals surface area (Å²) in [4.78, 5) is 0. The summed E-state index contributed by atoms with van der Waals surface area (Å²) in [6, 6.07) is 2.18. The first-order valence-electron chi connectivity index (χ1n) is 4.40. The summed E-state index contributed by atoms with van der Waals surface area (Å²) in [5.74, 6) is -1.93. The molecule has 0 fully saturated rings. The smallest absolute Gasteiger partial charge is 0.162 e. The van der Waals surface area contributed by atoms with Crippen molar-refractivity contribution in [2.45, 2.75) is 19.1 Å². The van der Waals surface area contributed by atoms with Crippen LogP contribution < -0.4 is 0 Å². The van der Waals surface area contributed by atoms with Gasteiger partial charge >= 0.3 is 0 Å². The Morgan fingerprint density at radius 2 is 1.93 bits per heavy atom. The Morgan fingerprint density at radius 1 is 1.33 bits per heavy atom. The van der Waals surface area contributed by atoms with E-state index < -0.39 is 23.8 Å². The average Bonchev–Trinajstić information content (AvgIpc) is 2.24. The second-order valence-electron chi connectivity index (χ2n) is 3.27. The van der Waals surface area contributed by atoms with E-state index in [2.05, 4.69) is 12.6 Å². The van der Waals surface area contributed by atoms with Gasteiger partial charge in [-0.05, 0) is 24.1 Å². The van der Waals surface area contributed by atoms with Gasteiger partial charge in [-0.25, -0.2) is 8.78 Å². The number of aliphatic hydroxyl groups excluding tert-OH is 2. The van der Waals surface area contributed by atoms with Crippen LogP contribution in [0.1, 0.15) is 17.2 Å². The standard InChI is InChI=1S/C10H12F2O2S/c1-5-6(10(14)8(13)4-15)2-3-7(11)9(5)12/h2-3,8,10,13-15H,4H2,1H3. The molecule has 0 saturated heterocycles. The third kappa shape index (κ3) is 2.48. The summed E-state index contributed by atoms with van der Waals surface area (Å²) in [5.41, 5.74) is 0.179. The van der Waals surface area contributed by atoms with Crippen LogP contribution in [0.5, 0.6) is 0 Å². The molecule has 0 bridgehead atoms. The monoisotopic (exact) mass is 234 g/mol. The Balaban J connectivity index is 3.10. The number of aliphatic hydroxyl groups is 2. The first kappa shape index (κ1) is 12.4. The van der Waals surface area contributed by atoms with E-state index >= 15 is 0 Å². The largest absolute Gasteiger partial charge is 0.389 e. The Morgan fingerprint density at radius 3 is 2.47 bits per heavy atom. The van der Waals surface area contributed by atoms with Crippen LogP contribution in [0.15, 0.2) is 12.1 Å². The first-order valence-corrected chi connectivity index (χ1v) is 5.03. The van der Waals surface area contributed by atoms with E-state index in [1.807, 2.05) is 0 Å². The van der Waals surface area contributed by atoms with Crippen LogP contribution in [0.3, 0.4) is 0 Å². The van der Waals surface area contributed by atoms with E-state index in [4.69, 9.17) is 0 Å². The van der Waals surface area contributed by atoms with Gasteiger partial charge in [0.15, 0.2) is 11.6 Å². The quantitative estimate of drug-likeness (QED) is 0.695. The van der Waals surface area contributed by atoms with Crippen molar-refractivity contribution in [2.24, 2.45) is 0 Å². The fourth-order valence-corrected chi connectivity index (χ4v) is 1.49. The highest BCUT2D eigenvalue weighted by Gasteiger charge is 2.21. The van der Waals surface area contributed by atoms with Crippen LogP contribution in [0.2, 0.25) is 0 Å². The second-order valence-corrected chi connectivity index (χ2v) is 3.64. The van der Waals surface area contributed by atoms with Crippen LogP contribution in [-0.4, -0.2) is 22.1 Å². The molecule has 84 valence electrons. The maximum atomic E-state index is 13.1. The lowest BCUT2D eigenvalue weighted by molar-refractivity contribution is 0.0331. The second kappa shape index (κ2) is 4.92. The molecule has 2 atom stereocenters. The van der Waals surface area contributed by atoms with Crippen LogP contribution in [0, 0.1) is 18.6 Å². The zero-order chi connectivity index (χ0) is 11.6. The molecular weight excluding hydrogens is 222 g/mol. The Hall–Kier alpha value is -0.650. The molecule has 1 rings (SSSR count). The molecule has 0 spiro atoms. The lowest BCUT2D eigenvalue weighted by atomic mass is 9.99. The van der Waals surface area contributed by atoms with Crippen LogP contribution in [0.4, 0.5) is 8.78 Å². The van der Waals surface area contributed by atoms with E-state index in [-0.39, 0.29) is 16.9 Å². The molecule has 0 radical (unpaired) electrons. The van der Waals surface area contributed by atoms with Gasteiger partial charge < -0.3 is 10.2 Å². The molecule has 0 aliphatic carbocycles. The van der Waals surface area contributed by atoms with Crippen molar-refractivity contribution in [2.75, 3.05) is 5.75 Å². The van der Waals surface area contributed by atoms with Gasteiger partial charge in [0.1, 0.15) is 6.10 Å². The zero-order valence-electron chi connectivity index (χ0n) is 8.11. The minimum absolute atomic E-state index is 0.00309. The fraction of sp³-hybridized carbons (Fsp3) is 0.400. The van der Waals surface area contributed by atoms with E-state index in [1.54, 1.807) is 0 Å². The van der Waals surface area contributed by atoms with Crippen molar-refractivity contribution in [3.63, 3.8) is 0 Å². The Bertz CT molecular complexity index is 358. The molecule has 2 nitrogen and oxygen atoms in total. The minimum atomic E-state index is -1.25. The van der Waals surface area contributed by atoms with Gasteiger partial charge in [-0.3, -0.25) is 0 Å². The maximum Gasteiger partial charge on any atom is 0.162 e. The summed E-state index contributed by atoms with van der Waals surface area (Å²) in [5, 5.41) is 18.9. The summed E-state index contributed by atoms with van der Waals surface area (Å²) in [6.45, 7) is 1.35. The molecule has 0 heterocycles. The SMILES string of the molecule is Cc1c(C(O)C(O)CS)ccc(F)c1F. The Kier molecular flexibility index (Phi) is 4.07. The predicted molar refractivity (Wildman–Crippen MR) is 55.9 cm³/mol. The lowest BCUT2D eigenvalue weighted by Crippen LogP contribution is -2.21. The van der Waals surface area contributed by atoms with Gasteiger partial charge in [0, 0.05) is 5.75 Å². The number of rotatable bonds is 3. The van der Waals surface area contributed by atoms with Gasteiger partial charge in [-0.2, -0.15) is 12.6 Å². The van der Waals surface area contributed by atoms with Crippen molar-refractivity contribution in [1.29, 1.82) is 0 Å². The number of thiol groups is 1. The van der Waals surface area contributed by atoms with Crippen molar-refractivity contribution in [3.8, 4) is 0 Å². The molecule has 15 heavy (non-hydrogen) atoms. The molecule has 0 saturated carbocycles. The summed E-state index contributed by atoms with van der Waals surface area (Å²) in [7, 11) is 0. The highest BCUT2D eigenvalue weighted by atomic mass is 32.1. The normalized spacial score (nSPS) is 15.1. The summed E-state index contributed by atoms with van der Waals surface area (Å²) < 4.78 is 25.9. The Labute approximate surface area is 92.0 Å². The molecular formula is C10H12F2O2S. The zero-order valence-corrected chi connectivity index (χ0v) is 9.01. The van der Waals surface area contributed by atoms with Crippen molar-refractivity contribution in [1.82, 2.24) is 0 Å². The van der Waals surface area contributed by atoms with E-state index in [9.17, 15) is 19.0 Å². The molecule has 1 aromatic rings. The van der Waals surface area contributed by atoms with E-state index in [0.717, 1.165) is 6.07 Å². The highest BCUT2D eigenvalue weighted by molar-refractivity contribution is 7.80. The molecule has 0 amide bonds. The number of hydrogen-bond acceptors (Lipinski definition) is 3. The highest BCUT2D eigenvalue weighted by Crippen LogP contribution is 2.24. The van der Waals surface area contributed by atoms with Gasteiger partial charge in [-0.15, -0.1) is 0 Å². The molecule has 2 N–H and O–H groups in total. The van der Waals surface area contributed by atoms with Gasteiger partial charge in [0.05, 0.1) is 6.10 Å². The van der Waals surface area contributed by atoms with E-state index in [1.165, 1.54) is 13.0 Å². The average molecular weight is 234 g/mol. The molecule has 0 aliphatic heterocycles. The van der Waals surface area contributed by atoms with E-state index in [0.29, 0.717) is 0 Å². The maximum absolute atomic E-state index is 13.1. The summed E-state index contributed by atoms with van der Waals surface area (Å²) in [6.07, 6.45) is -2.35. The van der Waals surface area contributed by atoms with Crippen molar-refractivity contribution in [3.05, 3.63) is 34.9 Å². The minimum Gasteiger partial charge on any atom is -0.389 e. The van der Waals surface area contributed by atoms with Gasteiger partial charge in [0.25, 0.3) is 0 Å². The number of hydrogen-bond donors (Lipinski definition) is 3. The topological polar surface area (TPSA) is 40.5 Å². The first-order chi connectivity index (χ1) is 6.99. The van der Waals surface area contributed by atoms with Gasteiger partial charge in [-0.1, -0.05) is 6.07 Å². The lowest BCUT2D eigenvalue weighted by Gasteiger charge is -2.18.